The molecule has 5 heteroatoms. The molecule has 0 atom stereocenters. The Balaban J connectivity index is 2.13. The predicted octanol–water partition coefficient (Wildman–Crippen LogP) is 3.36. The number of pyridine rings is 1. The van der Waals surface area contributed by atoms with Crippen molar-refractivity contribution in [2.24, 2.45) is 4.99 Å². The molecule has 1 N–H and O–H groups in total. The Kier molecular flexibility index (Phi) is 5.93. The van der Waals surface area contributed by atoms with Crippen LogP contribution in [0.4, 0.5) is 0 Å². The molecular formula is C17H17ClN4. The van der Waals surface area contributed by atoms with Crippen LogP contribution in [0.15, 0.2) is 47.7 Å². The maximum atomic E-state index is 8.90. The highest BCUT2D eigenvalue weighted by molar-refractivity contribution is 6.31. The summed E-state index contributed by atoms with van der Waals surface area (Å²) in [5.41, 5.74) is 2.97. The second-order valence-electron chi connectivity index (χ2n) is 4.74. The Labute approximate surface area is 135 Å². The zero-order valence-corrected chi connectivity index (χ0v) is 13.1. The van der Waals surface area contributed by atoms with Crippen molar-refractivity contribution in [3.05, 3.63) is 64.4 Å². The van der Waals surface area contributed by atoms with E-state index in [1.54, 1.807) is 6.20 Å². The van der Waals surface area contributed by atoms with Gasteiger partial charge in [-0.1, -0.05) is 36.7 Å². The Hall–Kier alpha value is -2.38. The number of halogens is 1. The van der Waals surface area contributed by atoms with Gasteiger partial charge in [0.15, 0.2) is 6.19 Å². The molecule has 0 unspecified atom stereocenters. The lowest BCUT2D eigenvalue weighted by Crippen LogP contribution is -2.20. The minimum atomic E-state index is 0.539. The second-order valence-corrected chi connectivity index (χ2v) is 5.15. The number of aryl methyl sites for hydroxylation is 1. The van der Waals surface area contributed by atoms with Gasteiger partial charge in [0, 0.05) is 29.5 Å². The van der Waals surface area contributed by atoms with Crippen molar-refractivity contribution in [2.45, 2.75) is 19.8 Å². The van der Waals surface area contributed by atoms with Gasteiger partial charge in [0.1, 0.15) is 5.84 Å². The normalized spacial score (nSPS) is 11.0. The summed E-state index contributed by atoms with van der Waals surface area (Å²) in [6.45, 7) is 2.61. The molecule has 2 aromatic rings. The number of aliphatic imine (C=N–C) groups is 1. The van der Waals surface area contributed by atoms with Crippen molar-refractivity contribution in [3.63, 3.8) is 0 Å². The van der Waals surface area contributed by atoms with Crippen LogP contribution in [0, 0.1) is 11.5 Å². The van der Waals surface area contributed by atoms with Gasteiger partial charge in [0.05, 0.1) is 0 Å². The monoisotopic (exact) mass is 312 g/mol. The number of aromatic nitrogens is 1. The van der Waals surface area contributed by atoms with Gasteiger partial charge < -0.3 is 0 Å². The maximum absolute atomic E-state index is 8.90. The number of hydrogen-bond acceptors (Lipinski definition) is 3. The highest BCUT2D eigenvalue weighted by atomic mass is 35.5. The molecule has 0 spiro atoms. The molecule has 0 aliphatic rings. The van der Waals surface area contributed by atoms with Gasteiger partial charge in [-0.2, -0.15) is 5.26 Å². The van der Waals surface area contributed by atoms with Crippen LogP contribution in [0.3, 0.4) is 0 Å². The van der Waals surface area contributed by atoms with Crippen molar-refractivity contribution in [3.8, 4) is 6.19 Å². The van der Waals surface area contributed by atoms with Crippen molar-refractivity contribution in [1.29, 1.82) is 5.26 Å². The fourth-order valence-corrected chi connectivity index (χ4v) is 2.29. The Bertz CT molecular complexity index is 704. The minimum absolute atomic E-state index is 0.539. The SMILES string of the molecule is CCc1cncc(/C(=N/CCc2ccccc2Cl)NC#N)c1. The molecule has 1 aromatic heterocycles. The van der Waals surface area contributed by atoms with Gasteiger partial charge in [-0.05, 0) is 36.1 Å². The maximum Gasteiger partial charge on any atom is 0.182 e. The summed E-state index contributed by atoms with van der Waals surface area (Å²) in [6.07, 6.45) is 7.06. The topological polar surface area (TPSA) is 61.1 Å². The molecule has 112 valence electrons. The van der Waals surface area contributed by atoms with E-state index in [9.17, 15) is 0 Å². The quantitative estimate of drug-likeness (QED) is 0.398. The summed E-state index contributed by atoms with van der Waals surface area (Å²) in [4.78, 5) is 8.67. The number of hydrogen-bond donors (Lipinski definition) is 1. The number of nitriles is 1. The summed E-state index contributed by atoms with van der Waals surface area (Å²) in [5, 5.41) is 12.3. The van der Waals surface area contributed by atoms with Crippen molar-refractivity contribution < 1.29 is 0 Å². The summed E-state index contributed by atoms with van der Waals surface area (Å²) >= 11 is 6.13. The Morgan fingerprint density at radius 1 is 1.36 bits per heavy atom. The van der Waals surface area contributed by atoms with Gasteiger partial charge in [0.2, 0.25) is 0 Å². The first-order valence-electron chi connectivity index (χ1n) is 7.12. The molecule has 0 bridgehead atoms. The van der Waals surface area contributed by atoms with E-state index in [0.717, 1.165) is 34.6 Å². The van der Waals surface area contributed by atoms with E-state index in [0.29, 0.717) is 12.4 Å². The highest BCUT2D eigenvalue weighted by Gasteiger charge is 2.05. The first-order chi connectivity index (χ1) is 10.7. The summed E-state index contributed by atoms with van der Waals surface area (Å²) < 4.78 is 0. The third-order valence-corrected chi connectivity index (χ3v) is 3.63. The smallest absolute Gasteiger partial charge is 0.182 e. The average Bonchev–Trinajstić information content (AvgIpc) is 2.56. The molecule has 0 fully saturated rings. The summed E-state index contributed by atoms with van der Waals surface area (Å²) in [7, 11) is 0. The third kappa shape index (κ3) is 4.31. The predicted molar refractivity (Wildman–Crippen MR) is 88.9 cm³/mol. The number of rotatable bonds is 5. The van der Waals surface area contributed by atoms with Gasteiger partial charge in [-0.3, -0.25) is 15.3 Å². The molecule has 0 saturated carbocycles. The molecule has 0 aliphatic carbocycles. The molecule has 0 amide bonds. The molecule has 1 heterocycles. The van der Waals surface area contributed by atoms with E-state index in [1.807, 2.05) is 42.7 Å². The molecule has 22 heavy (non-hydrogen) atoms. The van der Waals surface area contributed by atoms with Gasteiger partial charge >= 0.3 is 0 Å². The Morgan fingerprint density at radius 2 is 2.18 bits per heavy atom. The molecule has 0 aliphatic heterocycles. The minimum Gasteiger partial charge on any atom is -0.277 e. The summed E-state index contributed by atoms with van der Waals surface area (Å²) in [5.74, 6) is 0.539. The third-order valence-electron chi connectivity index (χ3n) is 3.26. The first-order valence-corrected chi connectivity index (χ1v) is 7.49. The molecule has 2 rings (SSSR count). The number of benzene rings is 1. The first kappa shape index (κ1) is 16.0. The van der Waals surface area contributed by atoms with Crippen LogP contribution in [0.2, 0.25) is 5.02 Å². The van der Waals surface area contributed by atoms with E-state index in [1.165, 1.54) is 0 Å². The van der Waals surface area contributed by atoms with Gasteiger partial charge in [0.25, 0.3) is 0 Å². The van der Waals surface area contributed by atoms with E-state index in [-0.39, 0.29) is 0 Å². The van der Waals surface area contributed by atoms with E-state index < -0.39 is 0 Å². The molecule has 0 radical (unpaired) electrons. The van der Waals surface area contributed by atoms with Crippen LogP contribution in [-0.4, -0.2) is 17.4 Å². The lowest BCUT2D eigenvalue weighted by molar-refractivity contribution is 0.957. The number of nitrogens with one attached hydrogen (secondary N) is 1. The number of nitrogens with zero attached hydrogens (tertiary/aromatic N) is 3. The highest BCUT2D eigenvalue weighted by Crippen LogP contribution is 2.15. The Morgan fingerprint density at radius 3 is 2.91 bits per heavy atom. The molecular weight excluding hydrogens is 296 g/mol. The van der Waals surface area contributed by atoms with Crippen molar-refractivity contribution in [1.82, 2.24) is 10.3 Å². The lowest BCUT2D eigenvalue weighted by Gasteiger charge is -2.06. The zero-order valence-electron chi connectivity index (χ0n) is 12.4. The molecule has 0 saturated heterocycles. The van der Waals surface area contributed by atoms with Crippen LogP contribution in [0.5, 0.6) is 0 Å². The largest absolute Gasteiger partial charge is 0.277 e. The average molecular weight is 313 g/mol. The molecule has 1 aromatic carbocycles. The van der Waals surface area contributed by atoms with Gasteiger partial charge in [-0.25, -0.2) is 0 Å². The van der Waals surface area contributed by atoms with Crippen LogP contribution < -0.4 is 5.32 Å². The van der Waals surface area contributed by atoms with E-state index >= 15 is 0 Å². The van der Waals surface area contributed by atoms with E-state index in [4.69, 9.17) is 16.9 Å². The fraction of sp³-hybridized carbons (Fsp3) is 0.235. The molecule has 4 nitrogen and oxygen atoms in total. The number of amidine groups is 1. The van der Waals surface area contributed by atoms with E-state index in [2.05, 4.69) is 22.2 Å². The fourth-order valence-electron chi connectivity index (χ4n) is 2.06. The van der Waals surface area contributed by atoms with Crippen LogP contribution in [0.1, 0.15) is 23.6 Å². The standard InChI is InChI=1S/C17H17ClN4/c1-2-13-9-15(11-20-10-13)17(22-12-19)21-8-7-14-5-3-4-6-16(14)18/h3-6,9-11H,2,7-8H2,1H3,(H,21,22). The van der Waals surface area contributed by atoms with Crippen molar-refractivity contribution in [2.75, 3.05) is 6.54 Å². The van der Waals surface area contributed by atoms with Crippen molar-refractivity contribution >= 4 is 17.4 Å². The second kappa shape index (κ2) is 8.16. The zero-order chi connectivity index (χ0) is 15.8. The van der Waals surface area contributed by atoms with Crippen LogP contribution in [-0.2, 0) is 12.8 Å². The summed E-state index contributed by atoms with van der Waals surface area (Å²) in [6, 6.07) is 9.69. The van der Waals surface area contributed by atoms with Crippen LogP contribution in [0.25, 0.3) is 0 Å². The van der Waals surface area contributed by atoms with Gasteiger partial charge in [-0.15, -0.1) is 0 Å². The van der Waals surface area contributed by atoms with Crippen LogP contribution >= 0.6 is 11.6 Å². The lowest BCUT2D eigenvalue weighted by atomic mass is 10.1.